The third-order valence-electron chi connectivity index (χ3n) is 16.7. The standard InChI is InChI=1S/C72H139NO5/c1-3-5-7-9-11-13-15-16-17-18-32-35-38-41-45-48-52-56-60-64-70(75)69(68-74)73-71(76)65-61-57-53-49-46-42-39-36-33-30-28-26-24-22-20-19-21-23-25-27-29-31-34-37-40-43-47-51-55-59-63-67-78-72(77)66-62-58-54-50-44-14-12-10-8-6-4-2/h10,12,21,23,69-70,74-75H,3-9,11,13-20,22,24-68H2,1-2H3,(H,73,76)/b12-10-,23-21-. The molecule has 2 atom stereocenters. The molecule has 0 radical (unpaired) electrons. The molecule has 0 bridgehead atoms. The fraction of sp³-hybridized carbons (Fsp3) is 0.917. The number of amides is 1. The van der Waals surface area contributed by atoms with Gasteiger partial charge in [0, 0.05) is 12.8 Å². The van der Waals surface area contributed by atoms with Gasteiger partial charge in [0.15, 0.2) is 0 Å². The molecule has 0 heterocycles. The second-order valence-corrected chi connectivity index (χ2v) is 24.6. The SMILES string of the molecule is CCCC/C=C\CCCCCCCC(=O)OCCCCCCCCCCCCCC/C=C\CCCCCCCCCCCCCCCCCC(=O)NC(CO)C(O)CCCCCCCCCCCCCCCCCCCCC. The number of esters is 1. The molecule has 0 aliphatic heterocycles. The van der Waals surface area contributed by atoms with Crippen LogP contribution in [0.15, 0.2) is 24.3 Å². The molecule has 0 aromatic heterocycles. The molecule has 462 valence electrons. The van der Waals surface area contributed by atoms with Gasteiger partial charge in [-0.1, -0.05) is 340 Å². The molecule has 0 rings (SSSR count). The van der Waals surface area contributed by atoms with E-state index in [1.807, 2.05) is 0 Å². The number of ether oxygens (including phenoxy) is 1. The highest BCUT2D eigenvalue weighted by molar-refractivity contribution is 5.76. The van der Waals surface area contributed by atoms with E-state index in [1.54, 1.807) is 0 Å². The van der Waals surface area contributed by atoms with Gasteiger partial charge in [-0.3, -0.25) is 9.59 Å². The minimum atomic E-state index is -0.663. The van der Waals surface area contributed by atoms with Crippen LogP contribution < -0.4 is 5.32 Å². The van der Waals surface area contributed by atoms with Crippen molar-refractivity contribution in [3.05, 3.63) is 24.3 Å². The van der Waals surface area contributed by atoms with E-state index < -0.39 is 12.1 Å². The maximum atomic E-state index is 12.5. The Labute approximate surface area is 488 Å². The molecular weight excluding hydrogens is 959 g/mol. The van der Waals surface area contributed by atoms with Gasteiger partial charge >= 0.3 is 5.97 Å². The van der Waals surface area contributed by atoms with E-state index in [1.165, 1.54) is 321 Å². The van der Waals surface area contributed by atoms with E-state index in [0.717, 1.165) is 44.9 Å². The van der Waals surface area contributed by atoms with Gasteiger partial charge in [-0.2, -0.15) is 0 Å². The molecule has 0 aliphatic carbocycles. The van der Waals surface area contributed by atoms with Crippen molar-refractivity contribution >= 4 is 11.9 Å². The Kier molecular flexibility index (Phi) is 66.4. The van der Waals surface area contributed by atoms with E-state index >= 15 is 0 Å². The third-order valence-corrected chi connectivity index (χ3v) is 16.7. The van der Waals surface area contributed by atoms with E-state index in [2.05, 4.69) is 43.5 Å². The van der Waals surface area contributed by atoms with Gasteiger partial charge in [-0.15, -0.1) is 0 Å². The first kappa shape index (κ1) is 76.3. The zero-order valence-corrected chi connectivity index (χ0v) is 52.9. The summed E-state index contributed by atoms with van der Waals surface area (Å²) < 4.78 is 5.47. The summed E-state index contributed by atoms with van der Waals surface area (Å²) in [6.45, 7) is 4.95. The number of aliphatic hydroxyl groups excluding tert-OH is 2. The molecule has 2 unspecified atom stereocenters. The monoisotopic (exact) mass is 1100 g/mol. The van der Waals surface area contributed by atoms with Crippen LogP contribution in [0.4, 0.5) is 0 Å². The van der Waals surface area contributed by atoms with Gasteiger partial charge in [0.25, 0.3) is 0 Å². The molecular formula is C72H139NO5. The summed E-state index contributed by atoms with van der Waals surface area (Å²) in [5, 5.41) is 23.4. The first-order valence-corrected chi connectivity index (χ1v) is 35.6. The average Bonchev–Trinajstić information content (AvgIpc) is 3.44. The normalized spacial score (nSPS) is 12.6. The molecule has 6 nitrogen and oxygen atoms in total. The fourth-order valence-corrected chi connectivity index (χ4v) is 11.3. The summed E-state index contributed by atoms with van der Waals surface area (Å²) in [6.07, 6.45) is 85.2. The Morgan fingerprint density at radius 2 is 0.615 bits per heavy atom. The van der Waals surface area contributed by atoms with Crippen molar-refractivity contribution in [3.63, 3.8) is 0 Å². The van der Waals surface area contributed by atoms with E-state index in [-0.39, 0.29) is 18.5 Å². The molecule has 0 spiro atoms. The lowest BCUT2D eigenvalue weighted by Crippen LogP contribution is -2.45. The number of unbranched alkanes of at least 4 members (excludes halogenated alkanes) is 52. The van der Waals surface area contributed by atoms with Gasteiger partial charge in [-0.05, 0) is 70.6 Å². The number of carbonyl (C=O) groups is 2. The van der Waals surface area contributed by atoms with E-state index in [0.29, 0.717) is 25.9 Å². The number of rotatable bonds is 67. The van der Waals surface area contributed by atoms with Crippen LogP contribution in [0.1, 0.15) is 399 Å². The number of hydrogen-bond donors (Lipinski definition) is 3. The summed E-state index contributed by atoms with van der Waals surface area (Å²) in [5.74, 6) is -0.0216. The van der Waals surface area contributed by atoms with E-state index in [4.69, 9.17) is 4.74 Å². The van der Waals surface area contributed by atoms with E-state index in [9.17, 15) is 19.8 Å². The zero-order chi connectivity index (χ0) is 56.4. The summed E-state index contributed by atoms with van der Waals surface area (Å²) in [6, 6.07) is -0.540. The van der Waals surface area contributed by atoms with Crippen molar-refractivity contribution in [1.82, 2.24) is 5.32 Å². The number of allylic oxidation sites excluding steroid dienone is 4. The fourth-order valence-electron chi connectivity index (χ4n) is 11.3. The second-order valence-electron chi connectivity index (χ2n) is 24.6. The smallest absolute Gasteiger partial charge is 0.305 e. The lowest BCUT2D eigenvalue weighted by molar-refractivity contribution is -0.143. The van der Waals surface area contributed by atoms with Crippen LogP contribution in [-0.2, 0) is 14.3 Å². The predicted octanol–water partition coefficient (Wildman–Crippen LogP) is 22.9. The summed E-state index contributed by atoms with van der Waals surface area (Å²) in [7, 11) is 0. The number of hydrogen-bond acceptors (Lipinski definition) is 5. The molecule has 0 aromatic rings. The quantitative estimate of drug-likeness (QED) is 0.0320. The molecule has 0 saturated heterocycles. The zero-order valence-electron chi connectivity index (χ0n) is 52.9. The highest BCUT2D eigenvalue weighted by Crippen LogP contribution is 2.19. The number of carbonyl (C=O) groups excluding carboxylic acids is 2. The summed E-state index contributed by atoms with van der Waals surface area (Å²) >= 11 is 0. The third kappa shape index (κ3) is 63.5. The van der Waals surface area contributed by atoms with Crippen LogP contribution in [0.3, 0.4) is 0 Å². The molecule has 0 fully saturated rings. The van der Waals surface area contributed by atoms with Crippen molar-refractivity contribution in [2.45, 2.75) is 411 Å². The Morgan fingerprint density at radius 3 is 0.949 bits per heavy atom. The largest absolute Gasteiger partial charge is 0.466 e. The Bertz CT molecular complexity index is 1220. The number of nitrogens with one attached hydrogen (secondary N) is 1. The Hall–Kier alpha value is -1.66. The maximum absolute atomic E-state index is 12.5. The highest BCUT2D eigenvalue weighted by Gasteiger charge is 2.20. The minimum Gasteiger partial charge on any atom is -0.466 e. The lowest BCUT2D eigenvalue weighted by atomic mass is 10.0. The van der Waals surface area contributed by atoms with Gasteiger partial charge in [0.1, 0.15) is 0 Å². The average molecular weight is 1100 g/mol. The lowest BCUT2D eigenvalue weighted by Gasteiger charge is -2.22. The maximum Gasteiger partial charge on any atom is 0.305 e. The van der Waals surface area contributed by atoms with Crippen molar-refractivity contribution in [2.24, 2.45) is 0 Å². The van der Waals surface area contributed by atoms with Crippen LogP contribution in [0.2, 0.25) is 0 Å². The summed E-state index contributed by atoms with van der Waals surface area (Å²) in [4.78, 5) is 24.5. The molecule has 1 amide bonds. The second kappa shape index (κ2) is 67.8. The topological polar surface area (TPSA) is 95.9 Å². The Morgan fingerprint density at radius 1 is 0.346 bits per heavy atom. The first-order chi connectivity index (χ1) is 38.5. The van der Waals surface area contributed by atoms with Gasteiger partial charge in [0.2, 0.25) is 5.91 Å². The van der Waals surface area contributed by atoms with Crippen molar-refractivity contribution in [1.29, 1.82) is 0 Å². The van der Waals surface area contributed by atoms with Crippen LogP contribution in [0, 0.1) is 0 Å². The van der Waals surface area contributed by atoms with Crippen LogP contribution in [0.5, 0.6) is 0 Å². The van der Waals surface area contributed by atoms with Gasteiger partial charge < -0.3 is 20.3 Å². The molecule has 0 aromatic carbocycles. The van der Waals surface area contributed by atoms with Crippen molar-refractivity contribution in [3.8, 4) is 0 Å². The molecule has 78 heavy (non-hydrogen) atoms. The molecule has 0 saturated carbocycles. The molecule has 3 N–H and O–H groups in total. The molecule has 6 heteroatoms. The van der Waals surface area contributed by atoms with Crippen LogP contribution in [0.25, 0.3) is 0 Å². The summed E-state index contributed by atoms with van der Waals surface area (Å²) in [5.41, 5.74) is 0. The van der Waals surface area contributed by atoms with Crippen LogP contribution >= 0.6 is 0 Å². The van der Waals surface area contributed by atoms with Crippen molar-refractivity contribution < 1.29 is 24.5 Å². The molecule has 0 aliphatic rings. The van der Waals surface area contributed by atoms with Gasteiger partial charge in [-0.25, -0.2) is 0 Å². The predicted molar refractivity (Wildman–Crippen MR) is 343 cm³/mol. The van der Waals surface area contributed by atoms with Gasteiger partial charge in [0.05, 0.1) is 25.4 Å². The Balaban J connectivity index is 3.36. The first-order valence-electron chi connectivity index (χ1n) is 35.6. The van der Waals surface area contributed by atoms with Crippen molar-refractivity contribution in [2.75, 3.05) is 13.2 Å². The van der Waals surface area contributed by atoms with Crippen LogP contribution in [-0.4, -0.2) is 47.4 Å². The highest BCUT2D eigenvalue weighted by atomic mass is 16.5. The minimum absolute atomic E-state index is 0.00709. The number of aliphatic hydroxyl groups is 2.